The zero-order chi connectivity index (χ0) is 27.9. The molecule has 4 rings (SSSR count). The van der Waals surface area contributed by atoms with Crippen LogP contribution >= 0.6 is 0 Å². The number of H-pyrrole nitrogens is 1. The Morgan fingerprint density at radius 3 is 2.61 bits per heavy atom. The smallest absolute Gasteiger partial charge is 0.269 e. The molecule has 204 valence electrons. The number of sulfonamides is 1. The Bertz CT molecular complexity index is 1500. The predicted octanol–water partition coefficient (Wildman–Crippen LogP) is 3.12. The lowest BCUT2D eigenvalue weighted by molar-refractivity contribution is 0.0981. The molecule has 1 fully saturated rings. The molecule has 0 saturated carbocycles. The maximum absolute atomic E-state index is 13.3. The van der Waals surface area contributed by atoms with Crippen molar-refractivity contribution in [3.8, 4) is 11.7 Å². The molecule has 0 aliphatic carbocycles. The quantitative estimate of drug-likeness (QED) is 0.464. The van der Waals surface area contributed by atoms with Crippen LogP contribution in [0.15, 0.2) is 52.4 Å². The minimum absolute atomic E-state index is 0.0345. The van der Waals surface area contributed by atoms with Gasteiger partial charge in [0.25, 0.3) is 21.5 Å². The van der Waals surface area contributed by atoms with Gasteiger partial charge in [0.15, 0.2) is 10.7 Å². The van der Waals surface area contributed by atoms with E-state index in [1.165, 1.54) is 18.3 Å². The summed E-state index contributed by atoms with van der Waals surface area (Å²) >= 11 is 0. The fourth-order valence-corrected chi connectivity index (χ4v) is 5.59. The van der Waals surface area contributed by atoms with Gasteiger partial charge in [0.2, 0.25) is 5.88 Å². The van der Waals surface area contributed by atoms with E-state index in [0.29, 0.717) is 36.6 Å². The van der Waals surface area contributed by atoms with Gasteiger partial charge in [-0.1, -0.05) is 27.7 Å². The molecule has 4 heterocycles. The van der Waals surface area contributed by atoms with Crippen LogP contribution in [0.5, 0.6) is 5.88 Å². The van der Waals surface area contributed by atoms with Crippen LogP contribution in [0.25, 0.3) is 5.82 Å². The third-order valence-electron chi connectivity index (χ3n) is 6.18. The first-order chi connectivity index (χ1) is 17.7. The number of ether oxygens (including phenoxy) is 1. The van der Waals surface area contributed by atoms with Crippen LogP contribution < -0.4 is 19.9 Å². The molecule has 12 heteroatoms. The second kappa shape index (κ2) is 9.90. The summed E-state index contributed by atoms with van der Waals surface area (Å²) in [6, 6.07) is 7.36. The van der Waals surface area contributed by atoms with Crippen molar-refractivity contribution in [3.63, 3.8) is 0 Å². The van der Waals surface area contributed by atoms with Gasteiger partial charge in [0.05, 0.1) is 12.2 Å². The molecule has 0 spiro atoms. The number of aromatic nitrogens is 4. The van der Waals surface area contributed by atoms with Crippen LogP contribution in [-0.2, 0) is 10.0 Å². The molecule has 0 radical (unpaired) electrons. The van der Waals surface area contributed by atoms with E-state index in [1.54, 1.807) is 23.0 Å². The van der Waals surface area contributed by atoms with Crippen molar-refractivity contribution in [3.05, 3.63) is 58.6 Å². The highest BCUT2D eigenvalue weighted by Crippen LogP contribution is 2.37. The number of rotatable bonds is 7. The van der Waals surface area contributed by atoms with E-state index in [1.807, 2.05) is 9.62 Å². The molecule has 2 N–H and O–H groups in total. The van der Waals surface area contributed by atoms with Gasteiger partial charge in [-0.2, -0.15) is 0 Å². The number of hydrogen-bond acceptors (Lipinski definition) is 8. The highest BCUT2D eigenvalue weighted by molar-refractivity contribution is 7.90. The van der Waals surface area contributed by atoms with Crippen LogP contribution in [0.3, 0.4) is 0 Å². The van der Waals surface area contributed by atoms with E-state index in [4.69, 9.17) is 9.72 Å². The van der Waals surface area contributed by atoms with Crippen molar-refractivity contribution in [2.45, 2.75) is 58.4 Å². The Morgan fingerprint density at radius 2 is 1.97 bits per heavy atom. The molecule has 1 saturated heterocycles. The molecule has 1 atom stereocenters. The van der Waals surface area contributed by atoms with E-state index >= 15 is 0 Å². The molecule has 11 nitrogen and oxygen atoms in total. The fourth-order valence-electron chi connectivity index (χ4n) is 4.56. The second-order valence-corrected chi connectivity index (χ2v) is 13.2. The van der Waals surface area contributed by atoms with Crippen LogP contribution in [-0.4, -0.2) is 52.8 Å². The molecule has 0 unspecified atom stereocenters. The van der Waals surface area contributed by atoms with E-state index in [0.717, 1.165) is 12.5 Å². The van der Waals surface area contributed by atoms with Gasteiger partial charge in [-0.05, 0) is 55.9 Å². The molecule has 0 aromatic carbocycles. The van der Waals surface area contributed by atoms with Gasteiger partial charge in [-0.15, -0.1) is 5.10 Å². The monoisotopic (exact) mass is 542 g/mol. The number of carbonyl (C=O) groups excluding carboxylic acids is 1. The zero-order valence-electron chi connectivity index (χ0n) is 22.5. The normalized spacial score (nSPS) is 17.4. The highest BCUT2D eigenvalue weighted by atomic mass is 32.2. The number of hydrogen-bond donors (Lipinski definition) is 2. The van der Waals surface area contributed by atoms with Crippen molar-refractivity contribution >= 4 is 21.7 Å². The number of amides is 1. The maximum Gasteiger partial charge on any atom is 0.269 e. The predicted molar refractivity (Wildman–Crippen MR) is 143 cm³/mol. The van der Waals surface area contributed by atoms with E-state index in [-0.39, 0.29) is 16.5 Å². The first kappa shape index (κ1) is 27.4. The van der Waals surface area contributed by atoms with E-state index in [2.05, 4.69) is 51.6 Å². The SMILES string of the molecule is C[C@@H]1CN(c2nc(-n3ccc(OCC(C)(C)C)n3)ccc2C(=O)NS(=O)(=O)c2ccc[nH]c2=O)C(C)(C)C1. The molecule has 3 aromatic heterocycles. The topological polar surface area (TPSA) is 139 Å². The summed E-state index contributed by atoms with van der Waals surface area (Å²) in [7, 11) is -4.42. The number of nitrogens with one attached hydrogen (secondary N) is 2. The number of aromatic amines is 1. The standard InChI is InChI=1S/C26H34N6O5S/c1-17-14-26(5,6)31(15-17)22-18(23(33)30-38(35,36)19-8-7-12-27-24(19)34)9-10-20(28-22)32-13-11-21(29-32)37-16-25(2,3)4/h7-13,17H,14-16H2,1-6H3,(H,27,34)(H,30,33)/t17-/m0/s1. The van der Waals surface area contributed by atoms with Crippen LogP contribution in [0.1, 0.15) is 58.3 Å². The summed E-state index contributed by atoms with van der Waals surface area (Å²) in [5.74, 6) is 0.672. The summed E-state index contributed by atoms with van der Waals surface area (Å²) in [6.45, 7) is 13.5. The average Bonchev–Trinajstić information content (AvgIpc) is 3.39. The van der Waals surface area contributed by atoms with Crippen LogP contribution in [0.2, 0.25) is 0 Å². The maximum atomic E-state index is 13.3. The summed E-state index contributed by atoms with van der Waals surface area (Å²) in [5, 5.41) is 4.46. The highest BCUT2D eigenvalue weighted by Gasteiger charge is 2.39. The molecule has 3 aromatic rings. The molecule has 1 aliphatic rings. The number of nitrogens with zero attached hydrogens (tertiary/aromatic N) is 4. The first-order valence-electron chi connectivity index (χ1n) is 12.4. The third-order valence-corrected chi connectivity index (χ3v) is 7.54. The summed E-state index contributed by atoms with van der Waals surface area (Å²) in [5.41, 5.74) is -1.12. The number of anilines is 1. The van der Waals surface area contributed by atoms with Crippen molar-refractivity contribution in [2.75, 3.05) is 18.1 Å². The summed E-state index contributed by atoms with van der Waals surface area (Å²) < 4.78 is 35.1. The van der Waals surface area contributed by atoms with E-state index in [9.17, 15) is 18.0 Å². The van der Waals surface area contributed by atoms with E-state index < -0.39 is 26.4 Å². The molecular weight excluding hydrogens is 508 g/mol. The fraction of sp³-hybridized carbons (Fsp3) is 0.462. The molecular formula is C26H34N6O5S. The lowest BCUT2D eigenvalue weighted by atomic mass is 9.97. The Kier molecular flexibility index (Phi) is 7.13. The largest absolute Gasteiger partial charge is 0.476 e. The molecule has 0 bridgehead atoms. The minimum Gasteiger partial charge on any atom is -0.476 e. The Balaban J connectivity index is 1.72. The minimum atomic E-state index is -4.42. The Hall–Kier alpha value is -3.67. The van der Waals surface area contributed by atoms with Crippen molar-refractivity contribution < 1.29 is 17.9 Å². The first-order valence-corrected chi connectivity index (χ1v) is 13.9. The third kappa shape index (κ3) is 5.90. The Morgan fingerprint density at radius 1 is 1.24 bits per heavy atom. The Labute approximate surface area is 222 Å². The van der Waals surface area contributed by atoms with Crippen LogP contribution in [0.4, 0.5) is 5.82 Å². The van der Waals surface area contributed by atoms with Crippen molar-refractivity contribution in [1.29, 1.82) is 0 Å². The van der Waals surface area contributed by atoms with Gasteiger partial charge in [0, 0.05) is 30.5 Å². The number of carbonyl (C=O) groups is 1. The van der Waals surface area contributed by atoms with Crippen LogP contribution in [0, 0.1) is 11.3 Å². The van der Waals surface area contributed by atoms with Crippen molar-refractivity contribution in [2.24, 2.45) is 11.3 Å². The van der Waals surface area contributed by atoms with Crippen molar-refractivity contribution in [1.82, 2.24) is 24.5 Å². The summed E-state index contributed by atoms with van der Waals surface area (Å²) in [4.78, 5) is 33.9. The van der Waals surface area contributed by atoms with Gasteiger partial charge >= 0.3 is 0 Å². The number of pyridine rings is 2. The van der Waals surface area contributed by atoms with Gasteiger partial charge < -0.3 is 14.6 Å². The lowest BCUT2D eigenvalue weighted by Gasteiger charge is -2.34. The van der Waals surface area contributed by atoms with Gasteiger partial charge in [-0.25, -0.2) is 22.8 Å². The second-order valence-electron chi connectivity index (χ2n) is 11.5. The summed E-state index contributed by atoms with van der Waals surface area (Å²) in [6.07, 6.45) is 3.90. The lowest BCUT2D eigenvalue weighted by Crippen LogP contribution is -2.41. The van der Waals surface area contributed by atoms with Gasteiger partial charge in [-0.3, -0.25) is 9.59 Å². The van der Waals surface area contributed by atoms with Gasteiger partial charge in [0.1, 0.15) is 5.82 Å². The molecule has 38 heavy (non-hydrogen) atoms. The molecule has 1 aliphatic heterocycles. The zero-order valence-corrected chi connectivity index (χ0v) is 23.3. The average molecular weight is 543 g/mol. The molecule has 1 amide bonds.